The number of carbonyl (C=O) groups excluding carboxylic acids is 2. The Labute approximate surface area is 114 Å². The van der Waals surface area contributed by atoms with Gasteiger partial charge < -0.3 is 4.74 Å². The van der Waals surface area contributed by atoms with Gasteiger partial charge in [-0.15, -0.1) is 11.6 Å². The highest BCUT2D eigenvalue weighted by molar-refractivity contribution is 6.43. The summed E-state index contributed by atoms with van der Waals surface area (Å²) >= 11 is 5.65. The Morgan fingerprint density at radius 3 is 2.58 bits per heavy atom. The number of ketones is 1. The Morgan fingerprint density at radius 1 is 1.32 bits per heavy atom. The number of benzene rings is 1. The Balaban J connectivity index is 2.70. The first-order chi connectivity index (χ1) is 8.97. The molecule has 0 spiro atoms. The van der Waals surface area contributed by atoms with E-state index in [2.05, 4.69) is 0 Å². The van der Waals surface area contributed by atoms with E-state index >= 15 is 0 Å². The number of ether oxygens (including phenoxy) is 1. The minimum atomic E-state index is -1.55. The van der Waals surface area contributed by atoms with Crippen molar-refractivity contribution in [2.45, 2.75) is 25.1 Å². The fourth-order valence-corrected chi connectivity index (χ4v) is 1.48. The van der Waals surface area contributed by atoms with Gasteiger partial charge in [0.2, 0.25) is 0 Å². The van der Waals surface area contributed by atoms with Crippen molar-refractivity contribution in [1.82, 2.24) is 0 Å². The quantitative estimate of drug-likeness (QED) is 0.266. The summed E-state index contributed by atoms with van der Waals surface area (Å²) in [4.78, 5) is 23.2. The molecule has 1 atom stereocenters. The standard InChI is InChI=1S/C13H13ClF2O3/c1-2-3-6-19-13(18)11(14)12(17)8-4-5-9(15)10(16)7-8/h4-5,7,11H,2-3,6H2,1H3. The summed E-state index contributed by atoms with van der Waals surface area (Å²) in [6, 6.07) is 2.57. The monoisotopic (exact) mass is 290 g/mol. The summed E-state index contributed by atoms with van der Waals surface area (Å²) < 4.78 is 30.5. The van der Waals surface area contributed by atoms with Crippen molar-refractivity contribution in [3.63, 3.8) is 0 Å². The Bertz CT molecular complexity index is 477. The molecule has 0 bridgehead atoms. The van der Waals surface area contributed by atoms with Gasteiger partial charge in [0.25, 0.3) is 0 Å². The number of esters is 1. The van der Waals surface area contributed by atoms with Gasteiger partial charge in [0, 0.05) is 5.56 Å². The highest BCUT2D eigenvalue weighted by atomic mass is 35.5. The van der Waals surface area contributed by atoms with Crippen LogP contribution in [-0.2, 0) is 9.53 Å². The normalized spacial score (nSPS) is 12.0. The number of alkyl halides is 1. The lowest BCUT2D eigenvalue weighted by molar-refractivity contribution is -0.142. The van der Waals surface area contributed by atoms with E-state index < -0.39 is 28.8 Å². The molecule has 0 aliphatic carbocycles. The number of Topliss-reactive ketones (excluding diaryl/α,β-unsaturated/α-hetero) is 1. The maximum Gasteiger partial charge on any atom is 0.332 e. The molecule has 1 aromatic carbocycles. The topological polar surface area (TPSA) is 43.4 Å². The maximum absolute atomic E-state index is 13.0. The molecule has 3 nitrogen and oxygen atoms in total. The summed E-state index contributed by atoms with van der Waals surface area (Å²) in [6.07, 6.45) is 1.49. The van der Waals surface area contributed by atoms with Crippen LogP contribution in [0, 0.1) is 11.6 Å². The van der Waals surface area contributed by atoms with E-state index in [1.807, 2.05) is 6.92 Å². The predicted molar refractivity (Wildman–Crippen MR) is 66.2 cm³/mol. The molecular weight excluding hydrogens is 278 g/mol. The van der Waals surface area contributed by atoms with Gasteiger partial charge in [-0.1, -0.05) is 13.3 Å². The van der Waals surface area contributed by atoms with Gasteiger partial charge in [-0.3, -0.25) is 4.79 Å². The van der Waals surface area contributed by atoms with Crippen LogP contribution >= 0.6 is 11.6 Å². The minimum absolute atomic E-state index is 0.170. The average Bonchev–Trinajstić information content (AvgIpc) is 2.40. The molecule has 0 saturated carbocycles. The zero-order chi connectivity index (χ0) is 14.4. The molecule has 0 aliphatic rings. The van der Waals surface area contributed by atoms with Crippen LogP contribution in [0.5, 0.6) is 0 Å². The van der Waals surface area contributed by atoms with Gasteiger partial charge in [0.15, 0.2) is 22.8 Å². The molecule has 0 amide bonds. The molecule has 0 aromatic heterocycles. The third kappa shape index (κ3) is 4.28. The van der Waals surface area contributed by atoms with E-state index in [-0.39, 0.29) is 12.2 Å². The number of hydrogen-bond acceptors (Lipinski definition) is 3. The van der Waals surface area contributed by atoms with Gasteiger partial charge in [-0.25, -0.2) is 13.6 Å². The molecular formula is C13H13ClF2O3. The van der Waals surface area contributed by atoms with E-state index in [0.29, 0.717) is 12.5 Å². The SMILES string of the molecule is CCCCOC(=O)C(Cl)C(=O)c1ccc(F)c(F)c1. The van der Waals surface area contributed by atoms with Crippen molar-refractivity contribution < 1.29 is 23.1 Å². The van der Waals surface area contributed by atoms with Crippen molar-refractivity contribution in [3.05, 3.63) is 35.4 Å². The van der Waals surface area contributed by atoms with E-state index in [1.54, 1.807) is 0 Å². The van der Waals surface area contributed by atoms with Crippen LogP contribution in [0.1, 0.15) is 30.1 Å². The fraction of sp³-hybridized carbons (Fsp3) is 0.385. The van der Waals surface area contributed by atoms with Crippen LogP contribution in [0.15, 0.2) is 18.2 Å². The Hall–Kier alpha value is -1.49. The molecule has 19 heavy (non-hydrogen) atoms. The van der Waals surface area contributed by atoms with Crippen molar-refractivity contribution in [2.24, 2.45) is 0 Å². The molecule has 0 radical (unpaired) electrons. The zero-order valence-corrected chi connectivity index (χ0v) is 11.0. The summed E-state index contributed by atoms with van der Waals surface area (Å²) in [5.74, 6) is -3.95. The van der Waals surface area contributed by atoms with E-state index in [4.69, 9.17) is 16.3 Å². The fourth-order valence-electron chi connectivity index (χ4n) is 1.29. The maximum atomic E-state index is 13.0. The van der Waals surface area contributed by atoms with Crippen LogP contribution < -0.4 is 0 Å². The molecule has 0 N–H and O–H groups in total. The van der Waals surface area contributed by atoms with Crippen molar-refractivity contribution >= 4 is 23.4 Å². The summed E-state index contributed by atoms with van der Waals surface area (Å²) in [5, 5.41) is -1.55. The number of rotatable bonds is 6. The van der Waals surface area contributed by atoms with E-state index in [1.165, 1.54) is 0 Å². The summed E-state index contributed by atoms with van der Waals surface area (Å²) in [6.45, 7) is 2.09. The lowest BCUT2D eigenvalue weighted by atomic mass is 10.1. The number of halogens is 3. The molecule has 0 saturated heterocycles. The average molecular weight is 291 g/mol. The van der Waals surface area contributed by atoms with Gasteiger partial charge in [-0.2, -0.15) is 0 Å². The van der Waals surface area contributed by atoms with Gasteiger partial charge in [-0.05, 0) is 24.6 Å². The summed E-state index contributed by atoms with van der Waals surface area (Å²) in [5.41, 5.74) is -0.175. The third-order valence-corrected chi connectivity index (χ3v) is 2.76. The molecule has 0 heterocycles. The first-order valence-corrected chi connectivity index (χ1v) is 6.21. The van der Waals surface area contributed by atoms with Crippen LogP contribution in [0.25, 0.3) is 0 Å². The van der Waals surface area contributed by atoms with Crippen LogP contribution in [0.4, 0.5) is 8.78 Å². The highest BCUT2D eigenvalue weighted by Gasteiger charge is 2.27. The molecule has 0 fully saturated rings. The van der Waals surface area contributed by atoms with Gasteiger partial charge in [0.05, 0.1) is 6.61 Å². The molecule has 1 aromatic rings. The van der Waals surface area contributed by atoms with Gasteiger partial charge in [0.1, 0.15) is 0 Å². The second-order valence-electron chi connectivity index (χ2n) is 3.88. The highest BCUT2D eigenvalue weighted by Crippen LogP contribution is 2.14. The lowest BCUT2D eigenvalue weighted by Crippen LogP contribution is -2.27. The van der Waals surface area contributed by atoms with Crippen molar-refractivity contribution in [2.75, 3.05) is 6.61 Å². The molecule has 6 heteroatoms. The predicted octanol–water partition coefficient (Wildman–Crippen LogP) is 3.10. The smallest absolute Gasteiger partial charge is 0.332 e. The van der Waals surface area contributed by atoms with Crippen LogP contribution in [0.2, 0.25) is 0 Å². The number of carbonyl (C=O) groups is 2. The largest absolute Gasteiger partial charge is 0.464 e. The Kier molecular flexibility index (Phi) is 5.89. The minimum Gasteiger partial charge on any atom is -0.464 e. The first-order valence-electron chi connectivity index (χ1n) is 5.77. The van der Waals surface area contributed by atoms with Crippen LogP contribution in [-0.4, -0.2) is 23.7 Å². The van der Waals surface area contributed by atoms with E-state index in [0.717, 1.165) is 18.6 Å². The van der Waals surface area contributed by atoms with Crippen LogP contribution in [0.3, 0.4) is 0 Å². The molecule has 1 unspecified atom stereocenters. The first kappa shape index (κ1) is 15.6. The molecule has 1 rings (SSSR count). The molecule has 104 valence electrons. The number of unbranched alkanes of at least 4 members (excludes halogenated alkanes) is 1. The third-order valence-electron chi connectivity index (χ3n) is 2.38. The molecule has 0 aliphatic heterocycles. The van der Waals surface area contributed by atoms with Crippen molar-refractivity contribution in [3.8, 4) is 0 Å². The number of hydrogen-bond donors (Lipinski definition) is 0. The van der Waals surface area contributed by atoms with Gasteiger partial charge >= 0.3 is 5.97 Å². The second-order valence-corrected chi connectivity index (χ2v) is 4.31. The van der Waals surface area contributed by atoms with Crippen molar-refractivity contribution in [1.29, 1.82) is 0 Å². The van der Waals surface area contributed by atoms with E-state index in [9.17, 15) is 18.4 Å². The summed E-state index contributed by atoms with van der Waals surface area (Å²) in [7, 11) is 0. The Morgan fingerprint density at radius 2 is 2.00 bits per heavy atom. The second kappa shape index (κ2) is 7.19. The lowest BCUT2D eigenvalue weighted by Gasteiger charge is -2.09. The zero-order valence-electron chi connectivity index (χ0n) is 10.3.